The molecule has 0 spiro atoms. The molecule has 20 heavy (non-hydrogen) atoms. The number of hydrogen-bond acceptors (Lipinski definition) is 4. The number of nitriles is 1. The van der Waals surface area contributed by atoms with Crippen LogP contribution in [0.4, 0.5) is 5.69 Å². The largest absolute Gasteiger partial charge is 0.381 e. The first kappa shape index (κ1) is 14.1. The molecule has 0 saturated carbocycles. The molecule has 102 valence electrons. The highest BCUT2D eigenvalue weighted by atomic mass is 32.2. The third-order valence-electron chi connectivity index (χ3n) is 2.86. The van der Waals surface area contributed by atoms with Crippen molar-refractivity contribution in [2.75, 3.05) is 11.6 Å². The quantitative estimate of drug-likeness (QED) is 0.937. The van der Waals surface area contributed by atoms with Gasteiger partial charge in [0.15, 0.2) is 9.84 Å². The first-order valence-corrected chi connectivity index (χ1v) is 7.91. The van der Waals surface area contributed by atoms with E-state index in [9.17, 15) is 8.42 Å². The average Bonchev–Trinajstić information content (AvgIpc) is 2.45. The molecule has 0 amide bonds. The molecule has 4 nitrogen and oxygen atoms in total. The van der Waals surface area contributed by atoms with E-state index in [0.717, 1.165) is 11.3 Å². The summed E-state index contributed by atoms with van der Waals surface area (Å²) in [5.41, 5.74) is 2.53. The summed E-state index contributed by atoms with van der Waals surface area (Å²) < 4.78 is 22.7. The predicted molar refractivity (Wildman–Crippen MR) is 78.0 cm³/mol. The highest BCUT2D eigenvalue weighted by Crippen LogP contribution is 2.15. The molecule has 5 heteroatoms. The van der Waals surface area contributed by atoms with Crippen molar-refractivity contribution < 1.29 is 8.42 Å². The van der Waals surface area contributed by atoms with Crippen LogP contribution in [0.2, 0.25) is 0 Å². The molecule has 1 N–H and O–H groups in total. The van der Waals surface area contributed by atoms with Gasteiger partial charge < -0.3 is 5.32 Å². The van der Waals surface area contributed by atoms with Crippen molar-refractivity contribution in [3.63, 3.8) is 0 Å². The van der Waals surface area contributed by atoms with E-state index >= 15 is 0 Å². The first-order chi connectivity index (χ1) is 9.49. The molecule has 0 bridgehead atoms. The van der Waals surface area contributed by atoms with E-state index in [4.69, 9.17) is 5.26 Å². The van der Waals surface area contributed by atoms with Crippen molar-refractivity contribution in [1.82, 2.24) is 0 Å². The molecule has 0 fully saturated rings. The summed E-state index contributed by atoms with van der Waals surface area (Å²) in [4.78, 5) is 0.307. The fourth-order valence-electron chi connectivity index (χ4n) is 1.72. The van der Waals surface area contributed by atoms with E-state index in [-0.39, 0.29) is 0 Å². The van der Waals surface area contributed by atoms with Gasteiger partial charge in [-0.1, -0.05) is 12.1 Å². The molecule has 0 radical (unpaired) electrons. The third-order valence-corrected chi connectivity index (χ3v) is 3.99. The van der Waals surface area contributed by atoms with Crippen molar-refractivity contribution in [2.24, 2.45) is 0 Å². The Morgan fingerprint density at radius 3 is 2.15 bits per heavy atom. The number of nitrogens with zero attached hydrogens (tertiary/aromatic N) is 1. The second kappa shape index (κ2) is 5.76. The smallest absolute Gasteiger partial charge is 0.175 e. The van der Waals surface area contributed by atoms with Crippen LogP contribution in [-0.2, 0) is 16.4 Å². The van der Waals surface area contributed by atoms with E-state index in [2.05, 4.69) is 11.4 Å². The Balaban J connectivity index is 2.02. The molecular formula is C15H14N2O2S. The molecule has 0 saturated heterocycles. The number of benzene rings is 2. The highest BCUT2D eigenvalue weighted by molar-refractivity contribution is 7.90. The number of anilines is 1. The molecule has 0 aromatic heterocycles. The van der Waals surface area contributed by atoms with E-state index in [1.165, 1.54) is 6.26 Å². The zero-order valence-corrected chi connectivity index (χ0v) is 11.8. The maximum atomic E-state index is 11.3. The minimum atomic E-state index is -3.15. The second-order valence-corrected chi connectivity index (χ2v) is 6.47. The Morgan fingerprint density at radius 1 is 1.05 bits per heavy atom. The van der Waals surface area contributed by atoms with Gasteiger partial charge in [-0.05, 0) is 42.0 Å². The maximum absolute atomic E-state index is 11.3. The molecule has 0 heterocycles. The lowest BCUT2D eigenvalue weighted by Crippen LogP contribution is -2.01. The van der Waals surface area contributed by atoms with E-state index in [0.29, 0.717) is 17.0 Å². The summed E-state index contributed by atoms with van der Waals surface area (Å²) in [6.07, 6.45) is 1.19. The fourth-order valence-corrected chi connectivity index (χ4v) is 2.35. The van der Waals surface area contributed by atoms with E-state index in [1.807, 2.05) is 12.1 Å². The van der Waals surface area contributed by atoms with Gasteiger partial charge in [-0.3, -0.25) is 0 Å². The van der Waals surface area contributed by atoms with Gasteiger partial charge in [-0.15, -0.1) is 0 Å². The first-order valence-electron chi connectivity index (χ1n) is 6.02. The Morgan fingerprint density at radius 2 is 1.65 bits per heavy atom. The SMILES string of the molecule is CS(=O)(=O)c1ccc(NCc2ccc(C#N)cc2)cc1. The van der Waals surface area contributed by atoms with E-state index < -0.39 is 9.84 Å². The Labute approximate surface area is 118 Å². The van der Waals surface area contributed by atoms with Crippen molar-refractivity contribution in [3.05, 3.63) is 59.7 Å². The second-order valence-electron chi connectivity index (χ2n) is 4.46. The van der Waals surface area contributed by atoms with Crippen LogP contribution in [0.5, 0.6) is 0 Å². The van der Waals surface area contributed by atoms with Gasteiger partial charge in [0.25, 0.3) is 0 Å². The standard InChI is InChI=1S/C15H14N2O2S/c1-20(18,19)15-8-6-14(7-9-15)17-11-13-4-2-12(10-16)3-5-13/h2-9,17H,11H2,1H3. The van der Waals surface area contributed by atoms with Crippen molar-refractivity contribution >= 4 is 15.5 Å². The van der Waals surface area contributed by atoms with Gasteiger partial charge in [0, 0.05) is 18.5 Å². The number of hydrogen-bond donors (Lipinski definition) is 1. The van der Waals surface area contributed by atoms with Crippen LogP contribution in [0.3, 0.4) is 0 Å². The minimum absolute atomic E-state index is 0.307. The summed E-state index contributed by atoms with van der Waals surface area (Å²) in [5.74, 6) is 0. The lowest BCUT2D eigenvalue weighted by molar-refractivity contribution is 0.602. The predicted octanol–water partition coefficient (Wildman–Crippen LogP) is 2.57. The molecule has 0 aliphatic rings. The van der Waals surface area contributed by atoms with Crippen molar-refractivity contribution in [3.8, 4) is 6.07 Å². The molecule has 0 unspecified atom stereocenters. The summed E-state index contributed by atoms with van der Waals surface area (Å²) in [6, 6.07) is 16.0. The van der Waals surface area contributed by atoms with Crippen LogP contribution in [0, 0.1) is 11.3 Å². The van der Waals surface area contributed by atoms with Gasteiger partial charge in [0.1, 0.15) is 0 Å². The summed E-state index contributed by atoms with van der Waals surface area (Å²) >= 11 is 0. The minimum Gasteiger partial charge on any atom is -0.381 e. The van der Waals surface area contributed by atoms with Gasteiger partial charge in [-0.25, -0.2) is 8.42 Å². The van der Waals surface area contributed by atoms with Gasteiger partial charge in [-0.2, -0.15) is 5.26 Å². The molecule has 0 atom stereocenters. The molecule has 2 aromatic carbocycles. The summed E-state index contributed by atoms with van der Waals surface area (Å²) in [6.45, 7) is 0.615. The number of nitrogens with one attached hydrogen (secondary N) is 1. The Hall–Kier alpha value is -2.32. The summed E-state index contributed by atoms with van der Waals surface area (Å²) in [5, 5.41) is 11.9. The third kappa shape index (κ3) is 3.59. The molecular weight excluding hydrogens is 272 g/mol. The van der Waals surface area contributed by atoms with Crippen molar-refractivity contribution in [2.45, 2.75) is 11.4 Å². The molecule has 0 aliphatic carbocycles. The number of rotatable bonds is 4. The summed E-state index contributed by atoms with van der Waals surface area (Å²) in [7, 11) is -3.15. The van der Waals surface area contributed by atoms with Crippen LogP contribution in [0.25, 0.3) is 0 Å². The van der Waals surface area contributed by atoms with Crippen LogP contribution < -0.4 is 5.32 Å². The number of sulfone groups is 1. The lowest BCUT2D eigenvalue weighted by atomic mass is 10.1. The lowest BCUT2D eigenvalue weighted by Gasteiger charge is -2.07. The van der Waals surface area contributed by atoms with Crippen LogP contribution in [0.15, 0.2) is 53.4 Å². The fraction of sp³-hybridized carbons (Fsp3) is 0.133. The molecule has 2 aromatic rings. The normalized spacial score (nSPS) is 10.8. The zero-order valence-electron chi connectivity index (χ0n) is 11.0. The zero-order chi connectivity index (χ0) is 14.6. The average molecular weight is 286 g/mol. The van der Waals surface area contributed by atoms with Gasteiger partial charge >= 0.3 is 0 Å². The monoisotopic (exact) mass is 286 g/mol. The van der Waals surface area contributed by atoms with Crippen LogP contribution >= 0.6 is 0 Å². The maximum Gasteiger partial charge on any atom is 0.175 e. The van der Waals surface area contributed by atoms with Gasteiger partial charge in [0.05, 0.1) is 16.5 Å². The Kier molecular flexibility index (Phi) is 4.06. The Bertz CT molecular complexity index is 727. The molecule has 0 aliphatic heterocycles. The topological polar surface area (TPSA) is 70.0 Å². The van der Waals surface area contributed by atoms with E-state index in [1.54, 1.807) is 36.4 Å². The van der Waals surface area contributed by atoms with Crippen molar-refractivity contribution in [1.29, 1.82) is 5.26 Å². The van der Waals surface area contributed by atoms with Gasteiger partial charge in [0.2, 0.25) is 0 Å². The highest BCUT2D eigenvalue weighted by Gasteiger charge is 2.05. The molecule has 2 rings (SSSR count). The van der Waals surface area contributed by atoms with Crippen LogP contribution in [0.1, 0.15) is 11.1 Å². The van der Waals surface area contributed by atoms with Crippen LogP contribution in [-0.4, -0.2) is 14.7 Å².